The maximum absolute atomic E-state index is 8.67. The summed E-state index contributed by atoms with van der Waals surface area (Å²) < 4.78 is 6.68. The Morgan fingerprint density at radius 3 is 3.07 bits per heavy atom. The highest BCUT2D eigenvalue weighted by atomic mass is 16.5. The van der Waals surface area contributed by atoms with Gasteiger partial charge in [-0.05, 0) is 0 Å². The smallest absolute Gasteiger partial charge is 0.212 e. The molecule has 0 fully saturated rings. The molecule has 0 unspecified atom stereocenters. The quantitative estimate of drug-likeness (QED) is 0.672. The molecule has 0 aromatic carbocycles. The van der Waals surface area contributed by atoms with Crippen molar-refractivity contribution in [3.8, 4) is 6.07 Å². The van der Waals surface area contributed by atoms with Gasteiger partial charge in [-0.15, -0.1) is 0 Å². The van der Waals surface area contributed by atoms with Crippen LogP contribution < -0.4 is 5.32 Å². The molecule has 0 aliphatic rings. The Kier molecular flexibility index (Phi) is 4.11. The second-order valence-electron chi connectivity index (χ2n) is 2.91. The van der Waals surface area contributed by atoms with Gasteiger partial charge in [-0.2, -0.15) is 5.26 Å². The molecule has 1 aromatic heterocycles. The van der Waals surface area contributed by atoms with Crippen molar-refractivity contribution in [3.63, 3.8) is 0 Å². The van der Waals surface area contributed by atoms with Crippen LogP contribution in [0.25, 0.3) is 0 Å². The molecule has 0 saturated heterocycles. The molecule has 5 nitrogen and oxygen atoms in total. The van der Waals surface area contributed by atoms with Crippen LogP contribution in [-0.4, -0.2) is 29.8 Å². The lowest BCUT2D eigenvalue weighted by Gasteiger charge is -2.04. The van der Waals surface area contributed by atoms with Gasteiger partial charge >= 0.3 is 0 Å². The Balaban J connectivity index is 2.44. The Bertz CT molecular complexity index is 326. The number of rotatable bonds is 5. The molecule has 1 rings (SSSR count). The van der Waals surface area contributed by atoms with Crippen molar-refractivity contribution in [2.24, 2.45) is 7.05 Å². The monoisotopic (exact) mass is 194 g/mol. The largest absolute Gasteiger partial charge is 0.383 e. The van der Waals surface area contributed by atoms with E-state index >= 15 is 0 Å². The summed E-state index contributed by atoms with van der Waals surface area (Å²) >= 11 is 0. The summed E-state index contributed by atoms with van der Waals surface area (Å²) in [6.45, 7) is 2.18. The number of hydrogen-bond acceptors (Lipinski definition) is 4. The zero-order valence-corrected chi connectivity index (χ0v) is 8.45. The number of methoxy groups -OCH3 is 1. The molecular formula is C9H14N4O. The first-order valence-electron chi connectivity index (χ1n) is 4.40. The molecule has 0 saturated carbocycles. The van der Waals surface area contributed by atoms with Gasteiger partial charge in [0.25, 0.3) is 0 Å². The summed E-state index contributed by atoms with van der Waals surface area (Å²) in [6, 6.07) is 2.02. The topological polar surface area (TPSA) is 62.9 Å². The van der Waals surface area contributed by atoms with Crippen molar-refractivity contribution in [2.75, 3.05) is 20.3 Å². The van der Waals surface area contributed by atoms with Crippen molar-refractivity contribution >= 4 is 0 Å². The highest BCUT2D eigenvalue weighted by molar-refractivity contribution is 5.16. The van der Waals surface area contributed by atoms with E-state index in [0.717, 1.165) is 12.2 Å². The molecule has 0 aliphatic heterocycles. The summed E-state index contributed by atoms with van der Waals surface area (Å²) in [5.41, 5.74) is 0.998. The molecular weight excluding hydrogens is 180 g/mol. The Labute approximate surface area is 83.3 Å². The molecule has 76 valence electrons. The van der Waals surface area contributed by atoms with Crippen molar-refractivity contribution in [2.45, 2.75) is 6.54 Å². The zero-order valence-electron chi connectivity index (χ0n) is 8.45. The van der Waals surface area contributed by atoms with E-state index in [-0.39, 0.29) is 0 Å². The van der Waals surface area contributed by atoms with Crippen LogP contribution in [-0.2, 0) is 18.3 Å². The molecule has 0 bridgehead atoms. The number of ether oxygens (including phenoxy) is 1. The van der Waals surface area contributed by atoms with E-state index < -0.39 is 0 Å². The van der Waals surface area contributed by atoms with E-state index in [1.54, 1.807) is 17.9 Å². The molecule has 0 spiro atoms. The second kappa shape index (κ2) is 5.37. The predicted octanol–water partition coefficient (Wildman–Crippen LogP) is 0.0278. The Morgan fingerprint density at radius 1 is 1.71 bits per heavy atom. The minimum Gasteiger partial charge on any atom is -0.383 e. The van der Waals surface area contributed by atoms with Crippen LogP contribution in [0.5, 0.6) is 0 Å². The van der Waals surface area contributed by atoms with Gasteiger partial charge in [0.1, 0.15) is 6.07 Å². The molecule has 0 atom stereocenters. The van der Waals surface area contributed by atoms with Crippen LogP contribution in [0.1, 0.15) is 11.5 Å². The molecule has 1 N–H and O–H groups in total. The fraction of sp³-hybridized carbons (Fsp3) is 0.556. The molecule has 14 heavy (non-hydrogen) atoms. The maximum Gasteiger partial charge on any atom is 0.212 e. The van der Waals surface area contributed by atoms with Gasteiger partial charge in [0.05, 0.1) is 18.5 Å². The molecule has 0 amide bonds. The Hall–Kier alpha value is -1.38. The average molecular weight is 194 g/mol. The van der Waals surface area contributed by atoms with Gasteiger partial charge in [0, 0.05) is 27.2 Å². The van der Waals surface area contributed by atoms with Gasteiger partial charge in [-0.25, -0.2) is 4.98 Å². The molecule has 1 heterocycles. The number of nitriles is 1. The molecule has 5 heteroatoms. The highest BCUT2D eigenvalue weighted by Crippen LogP contribution is 2.00. The van der Waals surface area contributed by atoms with E-state index in [0.29, 0.717) is 19.0 Å². The van der Waals surface area contributed by atoms with Gasteiger partial charge in [-0.3, -0.25) is 0 Å². The number of nitrogens with one attached hydrogen (secondary N) is 1. The van der Waals surface area contributed by atoms with Crippen molar-refractivity contribution < 1.29 is 4.74 Å². The summed E-state index contributed by atoms with van der Waals surface area (Å²) in [4.78, 5) is 3.96. The Morgan fingerprint density at radius 2 is 2.50 bits per heavy atom. The van der Waals surface area contributed by atoms with Gasteiger partial charge < -0.3 is 14.6 Å². The lowest BCUT2D eigenvalue weighted by molar-refractivity contribution is 0.199. The van der Waals surface area contributed by atoms with Crippen LogP contribution in [0.2, 0.25) is 0 Å². The minimum absolute atomic E-state index is 0.438. The third kappa shape index (κ3) is 2.55. The lowest BCUT2D eigenvalue weighted by atomic mass is 10.4. The summed E-state index contributed by atoms with van der Waals surface area (Å²) in [5, 5.41) is 11.9. The maximum atomic E-state index is 8.67. The third-order valence-electron chi connectivity index (χ3n) is 1.97. The fourth-order valence-electron chi connectivity index (χ4n) is 1.10. The third-order valence-corrected chi connectivity index (χ3v) is 1.97. The normalized spacial score (nSPS) is 10.1. The molecule has 0 radical (unpaired) electrons. The lowest BCUT2D eigenvalue weighted by Crippen LogP contribution is -2.20. The number of imidazole rings is 1. The predicted molar refractivity (Wildman–Crippen MR) is 51.5 cm³/mol. The molecule has 0 aliphatic carbocycles. The first-order chi connectivity index (χ1) is 6.79. The fourth-order valence-corrected chi connectivity index (χ4v) is 1.10. The van der Waals surface area contributed by atoms with E-state index in [2.05, 4.69) is 10.3 Å². The minimum atomic E-state index is 0.438. The van der Waals surface area contributed by atoms with Crippen LogP contribution in [0.3, 0.4) is 0 Å². The van der Waals surface area contributed by atoms with Crippen molar-refractivity contribution in [3.05, 3.63) is 17.7 Å². The van der Waals surface area contributed by atoms with Crippen LogP contribution in [0.15, 0.2) is 6.20 Å². The first-order valence-corrected chi connectivity index (χ1v) is 4.40. The SMILES string of the molecule is COCCNCc1cnc(C#N)n1C. The summed E-state index contributed by atoms with van der Waals surface area (Å²) in [6.07, 6.45) is 1.71. The zero-order chi connectivity index (χ0) is 10.4. The van der Waals surface area contributed by atoms with Gasteiger partial charge in [0.2, 0.25) is 5.82 Å². The van der Waals surface area contributed by atoms with Crippen LogP contribution in [0.4, 0.5) is 0 Å². The first kappa shape index (κ1) is 10.7. The average Bonchev–Trinajstić information content (AvgIpc) is 2.55. The summed E-state index contributed by atoms with van der Waals surface area (Å²) in [5.74, 6) is 0.438. The van der Waals surface area contributed by atoms with Crippen LogP contribution >= 0.6 is 0 Å². The summed E-state index contributed by atoms with van der Waals surface area (Å²) in [7, 11) is 3.50. The van der Waals surface area contributed by atoms with E-state index in [9.17, 15) is 0 Å². The number of aromatic nitrogens is 2. The number of hydrogen-bond donors (Lipinski definition) is 1. The van der Waals surface area contributed by atoms with Crippen LogP contribution in [0, 0.1) is 11.3 Å². The number of nitrogens with zero attached hydrogens (tertiary/aromatic N) is 3. The highest BCUT2D eigenvalue weighted by Gasteiger charge is 2.03. The van der Waals surface area contributed by atoms with Crippen molar-refractivity contribution in [1.29, 1.82) is 5.26 Å². The molecule has 1 aromatic rings. The standard InChI is InChI=1S/C9H14N4O/c1-13-8(6-11-3-4-14-2)7-12-9(13)5-10/h7,11H,3-4,6H2,1-2H3. The second-order valence-corrected chi connectivity index (χ2v) is 2.91. The van der Waals surface area contributed by atoms with Crippen molar-refractivity contribution in [1.82, 2.24) is 14.9 Å². The van der Waals surface area contributed by atoms with Gasteiger partial charge in [-0.1, -0.05) is 0 Å². The van der Waals surface area contributed by atoms with Gasteiger partial charge in [0.15, 0.2) is 0 Å². The van der Waals surface area contributed by atoms with E-state index in [4.69, 9.17) is 10.00 Å². The van der Waals surface area contributed by atoms with E-state index in [1.165, 1.54) is 0 Å². The van der Waals surface area contributed by atoms with E-state index in [1.807, 2.05) is 13.1 Å².